The monoisotopic (exact) mass is 554 g/mol. The molecule has 0 radical (unpaired) electrons. The van der Waals surface area contributed by atoms with Crippen LogP contribution in [0.25, 0.3) is 0 Å². The van der Waals surface area contributed by atoms with Gasteiger partial charge in [0, 0.05) is 5.69 Å². The minimum absolute atomic E-state index is 0.293. The number of carbonyl (C=O) groups excluding carboxylic acids is 3. The number of nitrogens with one attached hydrogen (secondary N) is 2. The molecule has 2 N–H and O–H groups in total. The number of aryl methyl sites for hydroxylation is 2. The number of amides is 3. The molecule has 2 rings (SSSR count). The van der Waals surface area contributed by atoms with Gasteiger partial charge in [-0.2, -0.15) is 17.0 Å². The van der Waals surface area contributed by atoms with Crippen molar-refractivity contribution in [2.75, 3.05) is 31.0 Å². The first kappa shape index (κ1) is 31.5. The van der Waals surface area contributed by atoms with Gasteiger partial charge in [-0.3, -0.25) is 9.59 Å². The highest BCUT2D eigenvalue weighted by atomic mass is 32.2. The largest absolute Gasteiger partial charge is 0.497 e. The minimum Gasteiger partial charge on any atom is -0.497 e. The molecule has 0 saturated heterocycles. The topological polar surface area (TPSA) is 121 Å². The molecule has 10 heteroatoms. The lowest BCUT2D eigenvalue weighted by atomic mass is 9.98. The van der Waals surface area contributed by atoms with Crippen molar-refractivity contribution in [2.24, 2.45) is 0 Å². The van der Waals surface area contributed by atoms with Crippen molar-refractivity contribution in [3.63, 3.8) is 0 Å². The Kier molecular flexibility index (Phi) is 11.7. The van der Waals surface area contributed by atoms with E-state index in [2.05, 4.69) is 10.6 Å². The molecule has 0 saturated carbocycles. The van der Waals surface area contributed by atoms with E-state index in [0.29, 0.717) is 29.2 Å². The Bertz CT molecular complexity index is 1190. The highest BCUT2D eigenvalue weighted by molar-refractivity contribution is 7.98. The molecule has 0 aliphatic heterocycles. The highest BCUT2D eigenvalue weighted by Crippen LogP contribution is 2.27. The summed E-state index contributed by atoms with van der Waals surface area (Å²) in [4.78, 5) is 41.5. The Hall–Kier alpha value is -3.71. The van der Waals surface area contributed by atoms with Crippen LogP contribution in [0.5, 0.6) is 5.75 Å². The number of carbonyl (C=O) groups is 3. The fourth-order valence-electron chi connectivity index (χ4n) is 3.81. The van der Waals surface area contributed by atoms with Gasteiger partial charge < -0.3 is 25.0 Å². The van der Waals surface area contributed by atoms with Gasteiger partial charge in [0.15, 0.2) is 0 Å². The molecular formula is C29H38N4O5S. The summed E-state index contributed by atoms with van der Waals surface area (Å²) in [7, 11) is 1.55. The van der Waals surface area contributed by atoms with Gasteiger partial charge in [-0.05, 0) is 94.0 Å². The number of thioether (sulfide) groups is 1. The summed E-state index contributed by atoms with van der Waals surface area (Å²) < 4.78 is 10.6. The maximum atomic E-state index is 13.9. The van der Waals surface area contributed by atoms with Gasteiger partial charge in [-0.15, -0.1) is 0 Å². The van der Waals surface area contributed by atoms with Crippen molar-refractivity contribution < 1.29 is 23.9 Å². The van der Waals surface area contributed by atoms with E-state index in [1.165, 1.54) is 16.7 Å². The van der Waals surface area contributed by atoms with E-state index in [9.17, 15) is 19.6 Å². The molecule has 0 aliphatic rings. The number of hydrogen-bond donors (Lipinski definition) is 2. The van der Waals surface area contributed by atoms with Gasteiger partial charge >= 0.3 is 6.09 Å². The smallest absolute Gasteiger partial charge is 0.408 e. The number of alkyl carbamates (subject to hydrolysis) is 1. The number of rotatable bonds is 11. The SMILES string of the molecule is COc1ccc(NC(=O)C(c2ccc(C)c(C)c2)N(CC#N)C(=O)C(CCSC)NC(=O)OC(C)(C)C)cc1. The number of methoxy groups -OCH3 is 1. The van der Waals surface area contributed by atoms with Gasteiger partial charge in [0.1, 0.15) is 30.0 Å². The first-order valence-electron chi connectivity index (χ1n) is 12.6. The van der Waals surface area contributed by atoms with E-state index < -0.39 is 35.6 Å². The van der Waals surface area contributed by atoms with E-state index in [4.69, 9.17) is 9.47 Å². The van der Waals surface area contributed by atoms with E-state index >= 15 is 0 Å². The van der Waals surface area contributed by atoms with E-state index in [-0.39, 0.29) is 6.54 Å². The Morgan fingerprint density at radius 3 is 2.28 bits per heavy atom. The molecule has 2 atom stereocenters. The first-order valence-corrected chi connectivity index (χ1v) is 14.0. The maximum Gasteiger partial charge on any atom is 0.408 e. The van der Waals surface area contributed by atoms with Gasteiger partial charge in [0.05, 0.1) is 13.2 Å². The predicted molar refractivity (Wildman–Crippen MR) is 154 cm³/mol. The van der Waals surface area contributed by atoms with E-state index in [0.717, 1.165) is 11.1 Å². The number of benzene rings is 2. The molecule has 9 nitrogen and oxygen atoms in total. The first-order chi connectivity index (χ1) is 18.4. The second kappa shape index (κ2) is 14.4. The summed E-state index contributed by atoms with van der Waals surface area (Å²) in [6, 6.07) is 12.2. The van der Waals surface area contributed by atoms with Gasteiger partial charge in [-0.1, -0.05) is 18.2 Å². The molecule has 0 fully saturated rings. The Balaban J connectivity index is 2.51. The predicted octanol–water partition coefficient (Wildman–Crippen LogP) is 4.99. The van der Waals surface area contributed by atoms with Crippen LogP contribution in [0, 0.1) is 25.2 Å². The van der Waals surface area contributed by atoms with Crippen molar-refractivity contribution in [2.45, 2.75) is 58.7 Å². The second-order valence-corrected chi connectivity index (χ2v) is 11.1. The van der Waals surface area contributed by atoms with Crippen LogP contribution in [0.1, 0.15) is 49.9 Å². The van der Waals surface area contributed by atoms with Crippen molar-refractivity contribution in [3.8, 4) is 11.8 Å². The zero-order valence-electron chi connectivity index (χ0n) is 23.7. The van der Waals surface area contributed by atoms with Crippen LogP contribution in [-0.4, -0.2) is 60.1 Å². The van der Waals surface area contributed by atoms with Crippen molar-refractivity contribution >= 4 is 35.4 Å². The normalized spacial score (nSPS) is 12.5. The molecule has 0 bridgehead atoms. The molecule has 2 aromatic carbocycles. The number of anilines is 1. The Morgan fingerprint density at radius 1 is 1.08 bits per heavy atom. The number of nitriles is 1. The summed E-state index contributed by atoms with van der Waals surface area (Å²) in [6.07, 6.45) is 1.44. The van der Waals surface area contributed by atoms with Crippen LogP contribution in [0.2, 0.25) is 0 Å². The van der Waals surface area contributed by atoms with Crippen molar-refractivity contribution in [3.05, 3.63) is 59.2 Å². The lowest BCUT2D eigenvalue weighted by molar-refractivity contribution is -0.140. The number of hydrogen-bond acceptors (Lipinski definition) is 7. The average Bonchev–Trinajstić information content (AvgIpc) is 2.87. The summed E-state index contributed by atoms with van der Waals surface area (Å²) in [5, 5.41) is 15.2. The lowest BCUT2D eigenvalue weighted by Crippen LogP contribution is -2.52. The number of nitrogens with zero attached hydrogens (tertiary/aromatic N) is 2. The van der Waals surface area contributed by atoms with Crippen molar-refractivity contribution in [1.29, 1.82) is 5.26 Å². The van der Waals surface area contributed by atoms with Crippen molar-refractivity contribution in [1.82, 2.24) is 10.2 Å². The van der Waals surface area contributed by atoms with E-state index in [1.54, 1.807) is 58.2 Å². The summed E-state index contributed by atoms with van der Waals surface area (Å²) in [6.45, 7) is 8.69. The van der Waals surface area contributed by atoms with Crippen LogP contribution in [0.3, 0.4) is 0 Å². The average molecular weight is 555 g/mol. The fraction of sp³-hybridized carbons (Fsp3) is 0.448. The quantitative estimate of drug-likeness (QED) is 0.375. The summed E-state index contributed by atoms with van der Waals surface area (Å²) in [5.41, 5.74) is 2.25. The van der Waals surface area contributed by atoms with Crippen LogP contribution >= 0.6 is 11.8 Å². The molecular weight excluding hydrogens is 516 g/mol. The lowest BCUT2D eigenvalue weighted by Gasteiger charge is -2.33. The Morgan fingerprint density at radius 2 is 1.74 bits per heavy atom. The Labute approximate surface area is 235 Å². The third kappa shape index (κ3) is 9.52. The molecule has 0 aliphatic carbocycles. The van der Waals surface area contributed by atoms with E-state index in [1.807, 2.05) is 38.3 Å². The van der Waals surface area contributed by atoms with Crippen LogP contribution in [-0.2, 0) is 14.3 Å². The molecule has 210 valence electrons. The molecule has 0 aromatic heterocycles. The molecule has 39 heavy (non-hydrogen) atoms. The van der Waals surface area contributed by atoms with Crippen LogP contribution < -0.4 is 15.4 Å². The number of ether oxygens (including phenoxy) is 2. The second-order valence-electron chi connectivity index (χ2n) is 10.1. The summed E-state index contributed by atoms with van der Waals surface area (Å²) >= 11 is 1.51. The molecule has 3 amide bonds. The third-order valence-electron chi connectivity index (χ3n) is 5.89. The molecule has 2 unspecified atom stereocenters. The third-order valence-corrected chi connectivity index (χ3v) is 6.53. The zero-order chi connectivity index (χ0) is 29.2. The molecule has 0 spiro atoms. The highest BCUT2D eigenvalue weighted by Gasteiger charge is 2.36. The van der Waals surface area contributed by atoms with Gasteiger partial charge in [-0.25, -0.2) is 4.79 Å². The standard InChI is InChI=1S/C29H38N4O5S/c1-19-8-9-21(18-20(19)2)25(26(34)31-22-10-12-23(37-6)13-11-22)33(16-15-30)27(35)24(14-17-39-7)32-28(36)38-29(3,4)5/h8-13,18,24-25H,14,16-17H2,1-7H3,(H,31,34)(H,32,36). The molecule has 0 heterocycles. The minimum atomic E-state index is -1.13. The van der Waals surface area contributed by atoms with Crippen LogP contribution in [0.15, 0.2) is 42.5 Å². The summed E-state index contributed by atoms with van der Waals surface area (Å²) in [5.74, 6) is 0.154. The molecule has 2 aromatic rings. The van der Waals surface area contributed by atoms with Gasteiger partial charge in [0.2, 0.25) is 5.91 Å². The fourth-order valence-corrected chi connectivity index (χ4v) is 4.28. The van der Waals surface area contributed by atoms with Crippen LogP contribution in [0.4, 0.5) is 10.5 Å². The maximum absolute atomic E-state index is 13.9. The zero-order valence-corrected chi connectivity index (χ0v) is 24.5. The van der Waals surface area contributed by atoms with Gasteiger partial charge in [0.25, 0.3) is 5.91 Å².